The third-order valence-corrected chi connectivity index (χ3v) is 8.06. The molecule has 4 rings (SSSR count). The Labute approximate surface area is 188 Å². The van der Waals surface area contributed by atoms with Gasteiger partial charge >= 0.3 is 0 Å². The molecule has 1 fully saturated rings. The number of allylic oxidation sites excluding steroid dienone is 1. The molecule has 0 bridgehead atoms. The summed E-state index contributed by atoms with van der Waals surface area (Å²) in [6, 6.07) is 8.98. The number of nitrogens with one attached hydrogen (secondary N) is 1. The van der Waals surface area contributed by atoms with Crippen LogP contribution in [-0.2, 0) is 20.5 Å². The lowest BCUT2D eigenvalue weighted by Crippen LogP contribution is -3.14. The highest BCUT2D eigenvalue weighted by Gasteiger charge is 2.49. The minimum Gasteiger partial charge on any atom is -0.391 e. The highest BCUT2D eigenvalue weighted by Crippen LogP contribution is 2.37. The number of aryl methyl sites for hydroxylation is 2. The Kier molecular flexibility index (Phi) is 5.85. The lowest BCUT2D eigenvalue weighted by Gasteiger charge is -2.41. The molecule has 2 aliphatic rings. The smallest absolute Gasteiger partial charge is 0.283 e. The van der Waals surface area contributed by atoms with Gasteiger partial charge in [0.25, 0.3) is 15.8 Å². The Balaban J connectivity index is 1.95. The molecule has 0 amide bonds. The van der Waals surface area contributed by atoms with Crippen LogP contribution < -0.4 is 4.90 Å². The summed E-state index contributed by atoms with van der Waals surface area (Å²) < 4.78 is 37.1. The van der Waals surface area contributed by atoms with Gasteiger partial charge < -0.3 is 14.9 Å². The van der Waals surface area contributed by atoms with Crippen molar-refractivity contribution in [2.45, 2.75) is 38.4 Å². The van der Waals surface area contributed by atoms with Crippen LogP contribution in [0.3, 0.4) is 0 Å². The van der Waals surface area contributed by atoms with Crippen molar-refractivity contribution in [1.82, 2.24) is 0 Å². The Morgan fingerprint density at radius 2 is 1.78 bits per heavy atom. The Hall–Kier alpha value is -2.36. The molecule has 1 heterocycles. The van der Waals surface area contributed by atoms with Crippen molar-refractivity contribution in [3.05, 3.63) is 75.5 Å². The van der Waals surface area contributed by atoms with Gasteiger partial charge in [0.05, 0.1) is 17.2 Å². The molecular formula is C24H29N2O5S+. The van der Waals surface area contributed by atoms with E-state index in [9.17, 15) is 18.6 Å². The van der Waals surface area contributed by atoms with Gasteiger partial charge in [-0.2, -0.15) is 12.8 Å². The number of rotatable bonds is 4. The number of sulfonamides is 1. The predicted octanol–water partition coefficient (Wildman–Crippen LogP) is 1.05. The average Bonchev–Trinajstić information content (AvgIpc) is 2.74. The molecule has 170 valence electrons. The van der Waals surface area contributed by atoms with E-state index in [0.717, 1.165) is 16.0 Å². The first-order chi connectivity index (χ1) is 15.1. The van der Waals surface area contributed by atoms with E-state index in [1.165, 1.54) is 0 Å². The molecule has 2 atom stereocenters. The van der Waals surface area contributed by atoms with Crippen molar-refractivity contribution in [2.75, 3.05) is 26.3 Å². The standard InChI is InChI=1S/C24H28N2O5S/c1-15-13-16(2)18(4)23(17(15)3)32(29,30)25-21-14-22-24(28,20-8-6-5-7-19(20)21)31-12-10-26(22)9-11-27/h5-8,13-14,27-28H,9-12H2,1-4H3/p+1. The number of ether oxygens (including phenoxy) is 1. The first-order valence-electron chi connectivity index (χ1n) is 10.7. The zero-order valence-corrected chi connectivity index (χ0v) is 19.6. The predicted molar refractivity (Wildman–Crippen MR) is 121 cm³/mol. The SMILES string of the molecule is Cc1cc(C)c(C)c(S(=O)(=O)N=C2C=C3[NH+](CCO)CCOC3(O)c3ccccc32)c1C. The molecule has 7 nitrogen and oxygen atoms in total. The van der Waals surface area contributed by atoms with Crippen molar-refractivity contribution in [3.8, 4) is 0 Å². The van der Waals surface area contributed by atoms with Crippen LogP contribution in [0.25, 0.3) is 0 Å². The van der Waals surface area contributed by atoms with Gasteiger partial charge in [-0.1, -0.05) is 30.3 Å². The van der Waals surface area contributed by atoms with Gasteiger partial charge in [-0.3, -0.25) is 4.90 Å². The molecule has 2 unspecified atom stereocenters. The molecule has 0 aromatic heterocycles. The maximum atomic E-state index is 13.5. The van der Waals surface area contributed by atoms with Crippen molar-refractivity contribution < 1.29 is 28.3 Å². The minimum atomic E-state index is -4.03. The molecular weight excluding hydrogens is 428 g/mol. The van der Waals surface area contributed by atoms with Gasteiger partial charge in [0, 0.05) is 17.2 Å². The summed E-state index contributed by atoms with van der Waals surface area (Å²) in [5.41, 5.74) is 4.81. The Morgan fingerprint density at radius 3 is 2.44 bits per heavy atom. The van der Waals surface area contributed by atoms with Crippen LogP contribution in [0.1, 0.15) is 33.4 Å². The number of hydrogen-bond acceptors (Lipinski definition) is 5. The Bertz CT molecular complexity index is 1220. The number of aliphatic hydroxyl groups is 2. The fraction of sp³-hybridized carbons (Fsp3) is 0.375. The molecule has 1 aliphatic carbocycles. The maximum absolute atomic E-state index is 13.5. The number of nitrogens with zero attached hydrogens (tertiary/aromatic N) is 1. The monoisotopic (exact) mass is 457 g/mol. The largest absolute Gasteiger partial charge is 0.391 e. The topological polar surface area (TPSA) is 101 Å². The van der Waals surface area contributed by atoms with Gasteiger partial charge in [0.15, 0.2) is 5.70 Å². The summed E-state index contributed by atoms with van der Waals surface area (Å²) in [4.78, 5) is 1.05. The van der Waals surface area contributed by atoms with Crippen LogP contribution >= 0.6 is 0 Å². The van der Waals surface area contributed by atoms with Crippen LogP contribution in [0.5, 0.6) is 0 Å². The lowest BCUT2D eigenvalue weighted by molar-refractivity contribution is -0.882. The summed E-state index contributed by atoms with van der Waals surface area (Å²) in [7, 11) is -4.03. The second-order valence-corrected chi connectivity index (χ2v) is 10.0. The van der Waals surface area contributed by atoms with Gasteiger partial charge in [-0.05, 0) is 49.9 Å². The third-order valence-electron chi connectivity index (χ3n) is 6.50. The van der Waals surface area contributed by atoms with E-state index in [1.54, 1.807) is 44.2 Å². The second-order valence-electron chi connectivity index (χ2n) is 8.46. The number of fused-ring (bicyclic) bond motifs is 3. The molecule has 1 aliphatic heterocycles. The van der Waals surface area contributed by atoms with Crippen LogP contribution in [0.15, 0.2) is 51.4 Å². The van der Waals surface area contributed by atoms with Gasteiger partial charge in [-0.25, -0.2) is 0 Å². The molecule has 32 heavy (non-hydrogen) atoms. The number of quaternary nitrogens is 1. The highest BCUT2D eigenvalue weighted by atomic mass is 32.2. The minimum absolute atomic E-state index is 0.0733. The third kappa shape index (κ3) is 3.62. The van der Waals surface area contributed by atoms with Crippen LogP contribution in [0, 0.1) is 27.7 Å². The zero-order chi connectivity index (χ0) is 23.3. The van der Waals surface area contributed by atoms with Crippen molar-refractivity contribution >= 4 is 15.7 Å². The molecule has 8 heteroatoms. The number of aliphatic hydroxyl groups excluding tert-OH is 1. The number of hydrogen-bond donors (Lipinski definition) is 3. The van der Waals surface area contributed by atoms with Gasteiger partial charge in [-0.15, -0.1) is 0 Å². The van der Waals surface area contributed by atoms with E-state index < -0.39 is 15.8 Å². The summed E-state index contributed by atoms with van der Waals surface area (Å²) in [5, 5.41) is 20.9. The highest BCUT2D eigenvalue weighted by molar-refractivity contribution is 7.90. The van der Waals surface area contributed by atoms with Gasteiger partial charge in [0.2, 0.25) is 0 Å². The van der Waals surface area contributed by atoms with E-state index in [2.05, 4.69) is 4.40 Å². The van der Waals surface area contributed by atoms with Crippen molar-refractivity contribution in [3.63, 3.8) is 0 Å². The zero-order valence-electron chi connectivity index (χ0n) is 18.8. The Morgan fingerprint density at radius 1 is 1.12 bits per heavy atom. The molecule has 0 radical (unpaired) electrons. The first-order valence-corrected chi connectivity index (χ1v) is 12.1. The summed E-state index contributed by atoms with van der Waals surface area (Å²) in [6.07, 6.45) is 1.59. The second kappa shape index (κ2) is 8.20. The quantitative estimate of drug-likeness (QED) is 0.637. The van der Waals surface area contributed by atoms with Crippen molar-refractivity contribution in [2.24, 2.45) is 4.40 Å². The maximum Gasteiger partial charge on any atom is 0.283 e. The van der Waals surface area contributed by atoms with Crippen LogP contribution in [0.4, 0.5) is 0 Å². The van der Waals surface area contributed by atoms with E-state index in [1.807, 2.05) is 19.9 Å². The van der Waals surface area contributed by atoms with Crippen LogP contribution in [-0.4, -0.2) is 50.6 Å². The van der Waals surface area contributed by atoms with Crippen LogP contribution in [0.2, 0.25) is 0 Å². The fourth-order valence-corrected chi connectivity index (χ4v) is 6.22. The van der Waals surface area contributed by atoms with E-state index in [-0.39, 0.29) is 17.2 Å². The average molecular weight is 458 g/mol. The lowest BCUT2D eigenvalue weighted by atomic mass is 9.86. The first kappa shape index (κ1) is 22.8. The molecule has 2 aromatic carbocycles. The number of morpholine rings is 1. The molecule has 1 saturated heterocycles. The van der Waals surface area contributed by atoms with E-state index >= 15 is 0 Å². The summed E-state index contributed by atoms with van der Waals surface area (Å²) in [6.45, 7) is 8.52. The molecule has 3 N–H and O–H groups in total. The molecule has 0 spiro atoms. The summed E-state index contributed by atoms with van der Waals surface area (Å²) >= 11 is 0. The normalized spacial score (nSPS) is 24.1. The van der Waals surface area contributed by atoms with E-state index in [4.69, 9.17) is 4.74 Å². The summed E-state index contributed by atoms with van der Waals surface area (Å²) in [5.74, 6) is -1.69. The van der Waals surface area contributed by atoms with Gasteiger partial charge in [0.1, 0.15) is 19.7 Å². The molecule has 2 aromatic rings. The molecule has 0 saturated carbocycles. The number of benzene rings is 2. The van der Waals surface area contributed by atoms with Crippen molar-refractivity contribution in [1.29, 1.82) is 0 Å². The fourth-order valence-electron chi connectivity index (χ4n) is 4.63. The van der Waals surface area contributed by atoms with E-state index in [0.29, 0.717) is 47.6 Å².